The number of carboxylic acids is 1. The fraction of sp³-hybridized carbons (Fsp3) is 0.357. The Bertz CT molecular complexity index is 610. The number of carboxylic acid groups (broad SMARTS) is 1. The number of thioether (sulfide) groups is 1. The molecule has 7 heteroatoms. The lowest BCUT2D eigenvalue weighted by atomic mass is 10.1. The first-order chi connectivity index (χ1) is 10.1. The van der Waals surface area contributed by atoms with Crippen molar-refractivity contribution in [3.05, 3.63) is 41.2 Å². The number of aliphatic carboxylic acids is 1. The number of carbonyl (C=O) groups is 1. The zero-order chi connectivity index (χ0) is 15.2. The quantitative estimate of drug-likeness (QED) is 0.747. The zero-order valence-electron chi connectivity index (χ0n) is 11.8. The topological polar surface area (TPSA) is 94.0 Å². The van der Waals surface area contributed by atoms with Crippen molar-refractivity contribution in [2.45, 2.75) is 23.8 Å². The van der Waals surface area contributed by atoms with Crippen LogP contribution in [0.25, 0.3) is 0 Å². The van der Waals surface area contributed by atoms with Gasteiger partial charge in [-0.3, -0.25) is 4.79 Å². The van der Waals surface area contributed by atoms with Gasteiger partial charge in [0, 0.05) is 19.2 Å². The fourth-order valence-corrected chi connectivity index (χ4v) is 2.78. The highest BCUT2D eigenvalue weighted by molar-refractivity contribution is 7.98. The van der Waals surface area contributed by atoms with Gasteiger partial charge in [-0.15, -0.1) is 10.2 Å². The third-order valence-corrected chi connectivity index (χ3v) is 4.13. The van der Waals surface area contributed by atoms with Crippen LogP contribution in [0, 0.1) is 0 Å². The molecule has 0 aliphatic carbocycles. The Kier molecular flexibility index (Phi) is 5.35. The van der Waals surface area contributed by atoms with Crippen LogP contribution in [0.2, 0.25) is 0 Å². The normalized spacial score (nSPS) is 10.8. The number of hydrogen-bond acceptors (Lipinski definition) is 5. The lowest BCUT2D eigenvalue weighted by Gasteiger charge is -2.04. The summed E-state index contributed by atoms with van der Waals surface area (Å²) in [4.78, 5) is 10.6. The van der Waals surface area contributed by atoms with Crippen molar-refractivity contribution in [3.63, 3.8) is 0 Å². The van der Waals surface area contributed by atoms with Gasteiger partial charge in [-0.25, -0.2) is 0 Å². The maximum atomic E-state index is 10.6. The van der Waals surface area contributed by atoms with Crippen molar-refractivity contribution in [2.75, 3.05) is 6.54 Å². The highest BCUT2D eigenvalue weighted by Crippen LogP contribution is 2.21. The highest BCUT2D eigenvalue weighted by atomic mass is 32.2. The number of benzene rings is 1. The maximum absolute atomic E-state index is 10.6. The summed E-state index contributed by atoms with van der Waals surface area (Å²) >= 11 is 1.60. The minimum atomic E-state index is -0.816. The monoisotopic (exact) mass is 306 g/mol. The fourth-order valence-electron chi connectivity index (χ4n) is 1.89. The Morgan fingerprint density at radius 2 is 1.95 bits per heavy atom. The van der Waals surface area contributed by atoms with Crippen LogP contribution in [-0.4, -0.2) is 32.4 Å². The summed E-state index contributed by atoms with van der Waals surface area (Å²) in [5.74, 6) is 0.836. The molecule has 0 amide bonds. The molecule has 0 saturated carbocycles. The van der Waals surface area contributed by atoms with E-state index >= 15 is 0 Å². The minimum Gasteiger partial charge on any atom is -0.481 e. The molecule has 0 fully saturated rings. The molecule has 0 atom stereocenters. The van der Waals surface area contributed by atoms with E-state index < -0.39 is 5.97 Å². The Morgan fingerprint density at radius 3 is 2.57 bits per heavy atom. The van der Waals surface area contributed by atoms with Crippen LogP contribution in [0.4, 0.5) is 0 Å². The molecule has 2 aromatic rings. The summed E-state index contributed by atoms with van der Waals surface area (Å²) in [6, 6.07) is 7.59. The van der Waals surface area contributed by atoms with Gasteiger partial charge in [-0.1, -0.05) is 36.0 Å². The van der Waals surface area contributed by atoms with Crippen LogP contribution in [0.5, 0.6) is 0 Å². The van der Waals surface area contributed by atoms with Crippen LogP contribution < -0.4 is 5.73 Å². The van der Waals surface area contributed by atoms with E-state index in [1.807, 2.05) is 35.9 Å². The van der Waals surface area contributed by atoms with E-state index in [-0.39, 0.29) is 6.42 Å². The van der Waals surface area contributed by atoms with Crippen LogP contribution in [0.1, 0.15) is 17.0 Å². The molecule has 0 aliphatic rings. The van der Waals surface area contributed by atoms with Gasteiger partial charge in [0.2, 0.25) is 0 Å². The molecule has 1 aromatic heterocycles. The van der Waals surface area contributed by atoms with Crippen molar-refractivity contribution in [2.24, 2.45) is 12.8 Å². The highest BCUT2D eigenvalue weighted by Gasteiger charge is 2.08. The Balaban J connectivity index is 1.95. The molecule has 0 spiro atoms. The van der Waals surface area contributed by atoms with E-state index in [4.69, 9.17) is 10.8 Å². The van der Waals surface area contributed by atoms with E-state index in [0.29, 0.717) is 13.0 Å². The summed E-state index contributed by atoms with van der Waals surface area (Å²) in [7, 11) is 1.93. The first-order valence-corrected chi connectivity index (χ1v) is 7.59. The lowest BCUT2D eigenvalue weighted by Crippen LogP contribution is -2.08. The van der Waals surface area contributed by atoms with Crippen LogP contribution in [0.3, 0.4) is 0 Å². The van der Waals surface area contributed by atoms with Gasteiger partial charge in [-0.2, -0.15) is 0 Å². The van der Waals surface area contributed by atoms with Crippen LogP contribution in [-0.2, 0) is 30.4 Å². The van der Waals surface area contributed by atoms with Crippen molar-refractivity contribution < 1.29 is 9.90 Å². The molecule has 1 aromatic carbocycles. The van der Waals surface area contributed by atoms with E-state index in [9.17, 15) is 4.79 Å². The molecule has 1 heterocycles. The van der Waals surface area contributed by atoms with E-state index in [0.717, 1.165) is 27.9 Å². The summed E-state index contributed by atoms with van der Waals surface area (Å²) in [5.41, 5.74) is 7.45. The molecule has 6 nitrogen and oxygen atoms in total. The number of hydrogen-bond donors (Lipinski definition) is 2. The molecule has 0 unspecified atom stereocenters. The number of nitrogens with zero attached hydrogens (tertiary/aromatic N) is 3. The molecule has 0 aliphatic heterocycles. The van der Waals surface area contributed by atoms with Crippen molar-refractivity contribution in [1.29, 1.82) is 0 Å². The largest absolute Gasteiger partial charge is 0.481 e. The summed E-state index contributed by atoms with van der Waals surface area (Å²) in [6.07, 6.45) is 0.771. The summed E-state index contributed by atoms with van der Waals surface area (Å²) in [6.45, 7) is 0.557. The lowest BCUT2D eigenvalue weighted by molar-refractivity contribution is -0.136. The van der Waals surface area contributed by atoms with Crippen molar-refractivity contribution >= 4 is 17.7 Å². The van der Waals surface area contributed by atoms with Crippen LogP contribution in [0.15, 0.2) is 29.4 Å². The zero-order valence-corrected chi connectivity index (χ0v) is 12.6. The first kappa shape index (κ1) is 15.5. The standard InChI is InChI=1S/C14H18N4O2S/c1-18-12(6-7-15)16-17-14(18)21-9-11-4-2-10(3-5-11)8-13(19)20/h2-5H,6-9,15H2,1H3,(H,19,20). The molecule has 0 bridgehead atoms. The molecule has 21 heavy (non-hydrogen) atoms. The Hall–Kier alpha value is -1.86. The van der Waals surface area contributed by atoms with Crippen molar-refractivity contribution in [3.8, 4) is 0 Å². The van der Waals surface area contributed by atoms with Gasteiger partial charge in [0.1, 0.15) is 5.82 Å². The van der Waals surface area contributed by atoms with E-state index in [1.165, 1.54) is 0 Å². The third kappa shape index (κ3) is 4.30. The Labute approximate surface area is 127 Å². The first-order valence-electron chi connectivity index (χ1n) is 6.61. The minimum absolute atomic E-state index is 0.0547. The van der Waals surface area contributed by atoms with Crippen molar-refractivity contribution in [1.82, 2.24) is 14.8 Å². The molecule has 2 rings (SSSR count). The van der Waals surface area contributed by atoms with Gasteiger partial charge in [0.05, 0.1) is 6.42 Å². The predicted octanol–water partition coefficient (Wildman–Crippen LogP) is 1.24. The molecule has 0 radical (unpaired) electrons. The Morgan fingerprint density at radius 1 is 1.29 bits per heavy atom. The number of rotatable bonds is 7. The summed E-state index contributed by atoms with van der Waals surface area (Å²) < 4.78 is 1.95. The van der Waals surface area contributed by atoms with Gasteiger partial charge in [-0.05, 0) is 17.7 Å². The molecular formula is C14H18N4O2S. The smallest absolute Gasteiger partial charge is 0.307 e. The van der Waals surface area contributed by atoms with E-state index in [1.54, 1.807) is 11.8 Å². The molecule has 0 saturated heterocycles. The maximum Gasteiger partial charge on any atom is 0.307 e. The molecule has 112 valence electrons. The SMILES string of the molecule is Cn1c(CCN)nnc1SCc1ccc(CC(=O)O)cc1. The second-order valence-corrected chi connectivity index (χ2v) is 5.61. The number of aromatic nitrogens is 3. The van der Waals surface area contributed by atoms with Gasteiger partial charge in [0.15, 0.2) is 5.16 Å². The van der Waals surface area contributed by atoms with Gasteiger partial charge in [0.25, 0.3) is 0 Å². The van der Waals surface area contributed by atoms with Crippen LogP contribution >= 0.6 is 11.8 Å². The average Bonchev–Trinajstić information content (AvgIpc) is 2.79. The molecule has 3 N–H and O–H groups in total. The summed E-state index contributed by atoms with van der Waals surface area (Å²) in [5, 5.41) is 17.8. The van der Waals surface area contributed by atoms with E-state index in [2.05, 4.69) is 10.2 Å². The average molecular weight is 306 g/mol. The molecular weight excluding hydrogens is 288 g/mol. The third-order valence-electron chi connectivity index (χ3n) is 3.04. The van der Waals surface area contributed by atoms with Gasteiger partial charge < -0.3 is 15.4 Å². The van der Waals surface area contributed by atoms with Gasteiger partial charge >= 0.3 is 5.97 Å². The second-order valence-electron chi connectivity index (χ2n) is 4.67. The predicted molar refractivity (Wildman–Crippen MR) is 81.1 cm³/mol. The number of nitrogens with two attached hydrogens (primary N) is 1. The second kappa shape index (κ2) is 7.24.